The number of hydrogen-bond acceptors (Lipinski definition) is 6. The van der Waals surface area contributed by atoms with Crippen molar-refractivity contribution in [3.63, 3.8) is 0 Å². The lowest BCUT2D eigenvalue weighted by molar-refractivity contribution is 0.0942. The molecule has 8 heteroatoms. The van der Waals surface area contributed by atoms with E-state index in [1.807, 2.05) is 0 Å². The zero-order chi connectivity index (χ0) is 18.8. The molecule has 0 aliphatic carbocycles. The molecule has 0 saturated heterocycles. The molecule has 26 heavy (non-hydrogen) atoms. The van der Waals surface area contributed by atoms with Gasteiger partial charge in [0.2, 0.25) is 0 Å². The first kappa shape index (κ1) is 19.2. The molecule has 8 nitrogen and oxygen atoms in total. The summed E-state index contributed by atoms with van der Waals surface area (Å²) in [6.45, 7) is 1.08. The molecule has 0 bridgehead atoms. The number of rotatable bonds is 9. The van der Waals surface area contributed by atoms with Gasteiger partial charge in [0.25, 0.3) is 11.8 Å². The second kappa shape index (κ2) is 9.97. The molecule has 2 amide bonds. The number of nitrogens with zero attached hydrogens (tertiary/aromatic N) is 2. The Bertz CT molecular complexity index is 688. The molecule has 2 rings (SSSR count). The van der Waals surface area contributed by atoms with Gasteiger partial charge in [-0.25, -0.2) is 0 Å². The van der Waals surface area contributed by atoms with Gasteiger partial charge >= 0.3 is 0 Å². The number of nitrogens with one attached hydrogen (secondary N) is 2. The summed E-state index contributed by atoms with van der Waals surface area (Å²) >= 11 is 0. The summed E-state index contributed by atoms with van der Waals surface area (Å²) in [5.41, 5.74) is 0.656. The fourth-order valence-electron chi connectivity index (χ4n) is 2.32. The summed E-state index contributed by atoms with van der Waals surface area (Å²) in [5, 5.41) is 24.1. The number of aromatic nitrogens is 2. The lowest BCUT2D eigenvalue weighted by atomic mass is 10.2. The maximum absolute atomic E-state index is 11.8. The van der Waals surface area contributed by atoms with Crippen LogP contribution in [-0.4, -0.2) is 45.1 Å². The van der Waals surface area contributed by atoms with Gasteiger partial charge < -0.3 is 20.8 Å². The lowest BCUT2D eigenvalue weighted by Gasteiger charge is -2.06. The van der Waals surface area contributed by atoms with Crippen LogP contribution in [0.15, 0.2) is 36.9 Å². The smallest absolute Gasteiger partial charge is 0.252 e. The summed E-state index contributed by atoms with van der Waals surface area (Å²) in [6.07, 6.45) is 8.83. The number of pyridine rings is 2. The minimum absolute atomic E-state index is 0.0406. The van der Waals surface area contributed by atoms with E-state index in [-0.39, 0.29) is 23.3 Å². The monoisotopic (exact) mass is 358 g/mol. The van der Waals surface area contributed by atoms with Gasteiger partial charge in [-0.15, -0.1) is 0 Å². The van der Waals surface area contributed by atoms with Crippen molar-refractivity contribution < 1.29 is 19.8 Å². The van der Waals surface area contributed by atoms with Crippen molar-refractivity contribution in [1.29, 1.82) is 0 Å². The summed E-state index contributed by atoms with van der Waals surface area (Å²) < 4.78 is 0. The molecule has 2 aromatic heterocycles. The highest BCUT2D eigenvalue weighted by Crippen LogP contribution is 2.09. The van der Waals surface area contributed by atoms with E-state index >= 15 is 0 Å². The molecule has 2 aromatic rings. The van der Waals surface area contributed by atoms with Crippen LogP contribution in [0.1, 0.15) is 46.4 Å². The third-order valence-electron chi connectivity index (χ3n) is 3.65. The third-order valence-corrected chi connectivity index (χ3v) is 3.65. The van der Waals surface area contributed by atoms with Crippen LogP contribution in [-0.2, 0) is 0 Å². The predicted molar refractivity (Wildman–Crippen MR) is 94.9 cm³/mol. The van der Waals surface area contributed by atoms with Crippen LogP contribution < -0.4 is 10.6 Å². The number of aromatic hydroxyl groups is 2. The standard InChI is InChI=1S/C18H22N4O4/c23-15-7-13(9-19-11-15)17(25)21-5-3-1-2-4-6-22-18(26)14-8-16(24)12-20-10-14/h7-12,23-24H,1-6H2,(H,21,25)(H,22,26). The van der Waals surface area contributed by atoms with E-state index in [0.717, 1.165) is 25.7 Å². The summed E-state index contributed by atoms with van der Waals surface area (Å²) in [4.78, 5) is 31.2. The second-order valence-electron chi connectivity index (χ2n) is 5.79. The normalized spacial score (nSPS) is 10.3. The topological polar surface area (TPSA) is 124 Å². The molecular weight excluding hydrogens is 336 g/mol. The van der Waals surface area contributed by atoms with E-state index in [1.165, 1.54) is 36.9 Å². The molecule has 0 aromatic carbocycles. The Morgan fingerprint density at radius 3 is 1.54 bits per heavy atom. The summed E-state index contributed by atoms with van der Waals surface area (Å²) in [5.74, 6) is -0.608. The first-order valence-electron chi connectivity index (χ1n) is 8.40. The zero-order valence-corrected chi connectivity index (χ0v) is 14.3. The zero-order valence-electron chi connectivity index (χ0n) is 14.3. The van der Waals surface area contributed by atoms with E-state index in [9.17, 15) is 19.8 Å². The number of amides is 2. The van der Waals surface area contributed by atoms with Gasteiger partial charge in [-0.05, 0) is 25.0 Å². The Morgan fingerprint density at radius 2 is 1.15 bits per heavy atom. The minimum atomic E-state index is -0.264. The molecule has 0 unspecified atom stereocenters. The average Bonchev–Trinajstić information content (AvgIpc) is 2.63. The Morgan fingerprint density at radius 1 is 0.731 bits per heavy atom. The summed E-state index contributed by atoms with van der Waals surface area (Å²) in [6, 6.07) is 2.74. The van der Waals surface area contributed by atoms with Crippen molar-refractivity contribution in [2.24, 2.45) is 0 Å². The average molecular weight is 358 g/mol. The molecule has 0 fully saturated rings. The van der Waals surface area contributed by atoms with Crippen molar-refractivity contribution in [2.75, 3.05) is 13.1 Å². The molecule has 4 N–H and O–H groups in total. The first-order chi connectivity index (χ1) is 12.6. The molecule has 0 saturated carbocycles. The Hall–Kier alpha value is -3.16. The van der Waals surface area contributed by atoms with Crippen molar-refractivity contribution in [3.8, 4) is 11.5 Å². The Balaban J connectivity index is 1.53. The highest BCUT2D eigenvalue weighted by Gasteiger charge is 2.07. The highest BCUT2D eigenvalue weighted by molar-refractivity contribution is 5.94. The lowest BCUT2D eigenvalue weighted by Crippen LogP contribution is -2.25. The predicted octanol–water partition coefficient (Wildman–Crippen LogP) is 1.61. The quantitative estimate of drug-likeness (QED) is 0.505. The van der Waals surface area contributed by atoms with E-state index in [1.54, 1.807) is 0 Å². The number of hydrogen-bond donors (Lipinski definition) is 4. The molecule has 0 spiro atoms. The molecule has 0 aliphatic rings. The maximum atomic E-state index is 11.8. The van der Waals surface area contributed by atoms with E-state index < -0.39 is 0 Å². The Kier molecular flexibility index (Phi) is 7.35. The van der Waals surface area contributed by atoms with Crippen LogP contribution in [0.2, 0.25) is 0 Å². The fraction of sp³-hybridized carbons (Fsp3) is 0.333. The number of carbonyl (C=O) groups excluding carboxylic acids is 2. The molecule has 0 atom stereocenters. The Labute approximate surface area is 151 Å². The van der Waals surface area contributed by atoms with Crippen molar-refractivity contribution in [2.45, 2.75) is 25.7 Å². The maximum Gasteiger partial charge on any atom is 0.252 e. The molecule has 2 heterocycles. The van der Waals surface area contributed by atoms with Crippen LogP contribution in [0.25, 0.3) is 0 Å². The molecule has 138 valence electrons. The highest BCUT2D eigenvalue weighted by atomic mass is 16.3. The second-order valence-corrected chi connectivity index (χ2v) is 5.79. The number of carbonyl (C=O) groups is 2. The van der Waals surface area contributed by atoms with E-state index in [4.69, 9.17) is 0 Å². The minimum Gasteiger partial charge on any atom is -0.506 e. The number of unbranched alkanes of at least 4 members (excludes halogenated alkanes) is 3. The largest absolute Gasteiger partial charge is 0.506 e. The van der Waals surface area contributed by atoms with Crippen molar-refractivity contribution in [3.05, 3.63) is 48.0 Å². The van der Waals surface area contributed by atoms with Gasteiger partial charge in [0.15, 0.2) is 0 Å². The van der Waals surface area contributed by atoms with Gasteiger partial charge in [0, 0.05) is 25.5 Å². The molecule has 0 radical (unpaired) electrons. The van der Waals surface area contributed by atoms with Crippen LogP contribution >= 0.6 is 0 Å². The van der Waals surface area contributed by atoms with Gasteiger partial charge in [-0.2, -0.15) is 0 Å². The van der Waals surface area contributed by atoms with Crippen LogP contribution in [0.5, 0.6) is 11.5 Å². The van der Waals surface area contributed by atoms with E-state index in [0.29, 0.717) is 24.2 Å². The summed E-state index contributed by atoms with van der Waals surface area (Å²) in [7, 11) is 0. The van der Waals surface area contributed by atoms with E-state index in [2.05, 4.69) is 20.6 Å². The fourth-order valence-corrected chi connectivity index (χ4v) is 2.32. The molecule has 0 aliphatic heterocycles. The van der Waals surface area contributed by atoms with Crippen molar-refractivity contribution in [1.82, 2.24) is 20.6 Å². The van der Waals surface area contributed by atoms with Gasteiger partial charge in [-0.1, -0.05) is 12.8 Å². The van der Waals surface area contributed by atoms with Gasteiger partial charge in [-0.3, -0.25) is 19.6 Å². The van der Waals surface area contributed by atoms with Crippen LogP contribution in [0, 0.1) is 0 Å². The first-order valence-corrected chi connectivity index (χ1v) is 8.40. The van der Waals surface area contributed by atoms with Gasteiger partial charge in [0.1, 0.15) is 11.5 Å². The SMILES string of the molecule is O=C(NCCCCCCNC(=O)c1cncc(O)c1)c1cncc(O)c1. The van der Waals surface area contributed by atoms with Crippen LogP contribution in [0.3, 0.4) is 0 Å². The third kappa shape index (κ3) is 6.39. The molecular formula is C18H22N4O4. The van der Waals surface area contributed by atoms with Gasteiger partial charge in [0.05, 0.1) is 23.5 Å². The van der Waals surface area contributed by atoms with Crippen molar-refractivity contribution >= 4 is 11.8 Å². The van der Waals surface area contributed by atoms with Crippen LogP contribution in [0.4, 0.5) is 0 Å².